The normalized spacial score (nSPS) is 10.3. The van der Waals surface area contributed by atoms with Crippen molar-refractivity contribution in [3.8, 4) is 5.75 Å². The van der Waals surface area contributed by atoms with E-state index in [4.69, 9.17) is 4.74 Å². The zero-order valence-corrected chi connectivity index (χ0v) is 15.9. The first-order valence-electron chi connectivity index (χ1n) is 8.72. The van der Waals surface area contributed by atoms with E-state index in [0.29, 0.717) is 17.8 Å². The van der Waals surface area contributed by atoms with Crippen LogP contribution in [0.1, 0.15) is 22.8 Å². The van der Waals surface area contributed by atoms with Gasteiger partial charge in [-0.05, 0) is 48.9 Å². The molecule has 0 saturated carbocycles. The number of ether oxygens (including phenoxy) is 1. The molecule has 0 unspecified atom stereocenters. The van der Waals surface area contributed by atoms with Crippen molar-refractivity contribution in [2.45, 2.75) is 13.5 Å². The first-order valence-corrected chi connectivity index (χ1v) is 8.72. The standard InChI is InChI=1S/C20H19N5O4/c1-13(26)15-5-7-16(8-6-15)24-20-18(25(27)28)19(22-12-23-20)21-11-14-3-9-17(29-2)10-4-14/h3-10,12H,11H2,1-2H3,(H2,21,22,23,24). The molecule has 1 heterocycles. The number of carbonyl (C=O) groups is 1. The predicted octanol–water partition coefficient (Wildman–Crippen LogP) is 3.95. The van der Waals surface area contributed by atoms with Crippen LogP contribution < -0.4 is 15.4 Å². The minimum Gasteiger partial charge on any atom is -0.497 e. The number of benzene rings is 2. The Morgan fingerprint density at radius 3 is 2.31 bits per heavy atom. The molecule has 0 amide bonds. The summed E-state index contributed by atoms with van der Waals surface area (Å²) in [5.41, 5.74) is 1.76. The van der Waals surface area contributed by atoms with Gasteiger partial charge in [0.1, 0.15) is 12.1 Å². The number of hydrogen-bond donors (Lipinski definition) is 2. The largest absolute Gasteiger partial charge is 0.497 e. The zero-order valence-electron chi connectivity index (χ0n) is 15.9. The van der Waals surface area contributed by atoms with E-state index in [0.717, 1.165) is 11.3 Å². The molecule has 9 heteroatoms. The molecular formula is C20H19N5O4. The van der Waals surface area contributed by atoms with Gasteiger partial charge in [-0.2, -0.15) is 0 Å². The quantitative estimate of drug-likeness (QED) is 0.335. The number of hydrogen-bond acceptors (Lipinski definition) is 8. The predicted molar refractivity (Wildman–Crippen MR) is 109 cm³/mol. The molecule has 0 aliphatic carbocycles. The molecule has 0 radical (unpaired) electrons. The molecule has 0 fully saturated rings. The van der Waals surface area contributed by atoms with Crippen LogP contribution in [0.2, 0.25) is 0 Å². The molecule has 9 nitrogen and oxygen atoms in total. The minimum absolute atomic E-state index is 0.0535. The lowest BCUT2D eigenvalue weighted by Gasteiger charge is -2.10. The van der Waals surface area contributed by atoms with Gasteiger partial charge in [0.2, 0.25) is 11.6 Å². The maximum atomic E-state index is 11.7. The molecular weight excluding hydrogens is 374 g/mol. The van der Waals surface area contributed by atoms with Crippen LogP contribution in [0.3, 0.4) is 0 Å². The smallest absolute Gasteiger partial charge is 0.353 e. The zero-order chi connectivity index (χ0) is 20.8. The highest BCUT2D eigenvalue weighted by molar-refractivity contribution is 5.94. The summed E-state index contributed by atoms with van der Waals surface area (Å²) in [6.07, 6.45) is 1.25. The molecule has 3 rings (SSSR count). The third-order valence-electron chi connectivity index (χ3n) is 4.18. The molecule has 2 N–H and O–H groups in total. The van der Waals surface area contributed by atoms with Crippen LogP contribution in [-0.2, 0) is 6.54 Å². The van der Waals surface area contributed by atoms with Crippen molar-refractivity contribution in [3.63, 3.8) is 0 Å². The van der Waals surface area contributed by atoms with Gasteiger partial charge in [-0.15, -0.1) is 0 Å². The topological polar surface area (TPSA) is 119 Å². The summed E-state index contributed by atoms with van der Waals surface area (Å²) in [5, 5.41) is 17.5. The van der Waals surface area contributed by atoms with Crippen molar-refractivity contribution in [2.24, 2.45) is 0 Å². The fourth-order valence-electron chi connectivity index (χ4n) is 2.63. The van der Waals surface area contributed by atoms with Gasteiger partial charge in [-0.1, -0.05) is 12.1 Å². The molecule has 2 aromatic carbocycles. The summed E-state index contributed by atoms with van der Waals surface area (Å²) in [5.74, 6) is 0.820. The second-order valence-corrected chi connectivity index (χ2v) is 6.14. The fourth-order valence-corrected chi connectivity index (χ4v) is 2.63. The van der Waals surface area contributed by atoms with Crippen molar-refractivity contribution < 1.29 is 14.5 Å². The number of Topliss-reactive ketones (excluding diaryl/α,β-unsaturated/α-hetero) is 1. The van der Waals surface area contributed by atoms with E-state index < -0.39 is 4.92 Å². The van der Waals surface area contributed by atoms with Crippen LogP contribution in [0, 0.1) is 10.1 Å². The Labute approximate surface area is 166 Å². The number of aromatic nitrogens is 2. The van der Waals surface area contributed by atoms with Gasteiger partial charge in [0.05, 0.1) is 12.0 Å². The number of anilines is 3. The number of rotatable bonds is 8. The van der Waals surface area contributed by atoms with Crippen molar-refractivity contribution in [2.75, 3.05) is 17.7 Å². The molecule has 148 valence electrons. The van der Waals surface area contributed by atoms with Gasteiger partial charge < -0.3 is 15.4 Å². The molecule has 0 saturated heterocycles. The van der Waals surface area contributed by atoms with Crippen LogP contribution in [0.25, 0.3) is 0 Å². The van der Waals surface area contributed by atoms with E-state index in [1.165, 1.54) is 13.3 Å². The van der Waals surface area contributed by atoms with Crippen LogP contribution in [0.5, 0.6) is 5.75 Å². The Kier molecular flexibility index (Phi) is 5.98. The molecule has 0 aliphatic heterocycles. The van der Waals surface area contributed by atoms with Gasteiger partial charge in [-0.25, -0.2) is 9.97 Å². The molecule has 0 bridgehead atoms. The highest BCUT2D eigenvalue weighted by Crippen LogP contribution is 2.31. The summed E-state index contributed by atoms with van der Waals surface area (Å²) in [6, 6.07) is 13.9. The molecule has 1 aromatic heterocycles. The number of nitrogens with one attached hydrogen (secondary N) is 2. The van der Waals surface area contributed by atoms with Crippen molar-refractivity contribution in [3.05, 3.63) is 76.1 Å². The van der Waals surface area contributed by atoms with Crippen LogP contribution in [0.4, 0.5) is 23.0 Å². The SMILES string of the molecule is COc1ccc(CNc2ncnc(Nc3ccc(C(C)=O)cc3)c2[N+](=O)[O-])cc1. The first-order chi connectivity index (χ1) is 14.0. The Morgan fingerprint density at radius 2 is 1.72 bits per heavy atom. The van der Waals surface area contributed by atoms with E-state index in [1.54, 1.807) is 31.4 Å². The summed E-state index contributed by atoms with van der Waals surface area (Å²) in [6.45, 7) is 1.81. The number of ketones is 1. The van der Waals surface area contributed by atoms with Crippen LogP contribution in [-0.4, -0.2) is 27.8 Å². The highest BCUT2D eigenvalue weighted by Gasteiger charge is 2.23. The molecule has 29 heavy (non-hydrogen) atoms. The summed E-state index contributed by atoms with van der Waals surface area (Å²) in [7, 11) is 1.58. The van der Waals surface area contributed by atoms with Crippen molar-refractivity contribution >= 4 is 28.8 Å². The first kappa shape index (κ1) is 19.7. The van der Waals surface area contributed by atoms with Crippen molar-refractivity contribution in [1.29, 1.82) is 0 Å². The lowest BCUT2D eigenvalue weighted by atomic mass is 10.1. The van der Waals surface area contributed by atoms with Crippen LogP contribution >= 0.6 is 0 Å². The molecule has 0 aliphatic rings. The average Bonchev–Trinajstić information content (AvgIpc) is 2.73. The lowest BCUT2D eigenvalue weighted by Crippen LogP contribution is -2.08. The van der Waals surface area contributed by atoms with Crippen molar-refractivity contribution in [1.82, 2.24) is 9.97 Å². The number of carbonyl (C=O) groups excluding carboxylic acids is 1. The summed E-state index contributed by atoms with van der Waals surface area (Å²) in [4.78, 5) is 30.5. The van der Waals surface area contributed by atoms with E-state index in [1.807, 2.05) is 24.3 Å². The number of methoxy groups -OCH3 is 1. The summed E-state index contributed by atoms with van der Waals surface area (Å²) >= 11 is 0. The van der Waals surface area contributed by atoms with E-state index in [9.17, 15) is 14.9 Å². The fraction of sp³-hybridized carbons (Fsp3) is 0.150. The minimum atomic E-state index is -0.539. The molecule has 0 spiro atoms. The van der Waals surface area contributed by atoms with Gasteiger partial charge in [-0.3, -0.25) is 14.9 Å². The monoisotopic (exact) mass is 393 g/mol. The third kappa shape index (κ3) is 4.83. The van der Waals surface area contributed by atoms with Gasteiger partial charge in [0.25, 0.3) is 0 Å². The van der Waals surface area contributed by atoms with Gasteiger partial charge >= 0.3 is 5.69 Å². The Bertz CT molecular complexity index is 1020. The maximum Gasteiger partial charge on any atom is 0.353 e. The van der Waals surface area contributed by atoms with Crippen LogP contribution in [0.15, 0.2) is 54.9 Å². The van der Waals surface area contributed by atoms with E-state index in [2.05, 4.69) is 20.6 Å². The van der Waals surface area contributed by atoms with E-state index >= 15 is 0 Å². The number of nitrogens with zero attached hydrogens (tertiary/aromatic N) is 3. The lowest BCUT2D eigenvalue weighted by molar-refractivity contribution is -0.383. The Balaban J connectivity index is 1.81. The molecule has 0 atom stereocenters. The highest BCUT2D eigenvalue weighted by atomic mass is 16.6. The third-order valence-corrected chi connectivity index (χ3v) is 4.18. The second-order valence-electron chi connectivity index (χ2n) is 6.14. The summed E-state index contributed by atoms with van der Waals surface area (Å²) < 4.78 is 5.12. The number of nitro groups is 1. The Hall–Kier alpha value is -4.01. The van der Waals surface area contributed by atoms with E-state index in [-0.39, 0.29) is 23.1 Å². The Morgan fingerprint density at radius 1 is 1.07 bits per heavy atom. The second kappa shape index (κ2) is 8.79. The van der Waals surface area contributed by atoms with Gasteiger partial charge in [0.15, 0.2) is 5.78 Å². The average molecular weight is 393 g/mol. The maximum absolute atomic E-state index is 11.7. The van der Waals surface area contributed by atoms with Gasteiger partial charge in [0, 0.05) is 17.8 Å². The molecule has 3 aromatic rings.